The van der Waals surface area contributed by atoms with E-state index in [9.17, 15) is 26.0 Å². The summed E-state index contributed by atoms with van der Waals surface area (Å²) >= 11 is 0.875. The number of thioether (sulfide) groups is 1. The summed E-state index contributed by atoms with van der Waals surface area (Å²) in [7, 11) is -3.95. The molecule has 3 N–H and O–H groups in total. The van der Waals surface area contributed by atoms with Crippen LogP contribution in [0.25, 0.3) is 0 Å². The fraction of sp³-hybridized carbons (Fsp3) is 0.188. The van der Waals surface area contributed by atoms with E-state index in [2.05, 4.69) is 9.71 Å². The molecule has 1 unspecified atom stereocenters. The van der Waals surface area contributed by atoms with Crippen LogP contribution in [-0.2, 0) is 21.9 Å². The third-order valence-corrected chi connectivity index (χ3v) is 6.30. The van der Waals surface area contributed by atoms with Crippen LogP contribution in [0.15, 0.2) is 58.4 Å². The van der Waals surface area contributed by atoms with E-state index in [1.54, 1.807) is 6.07 Å². The first kappa shape index (κ1) is 19.6. The minimum atomic E-state index is -4.67. The fourth-order valence-corrected chi connectivity index (χ4v) is 4.70. The lowest BCUT2D eigenvalue weighted by Crippen LogP contribution is -2.37. The van der Waals surface area contributed by atoms with E-state index in [0.717, 1.165) is 11.8 Å². The van der Waals surface area contributed by atoms with Crippen molar-refractivity contribution in [1.82, 2.24) is 4.72 Å². The maximum Gasteiger partial charge on any atom is 0.416 e. The number of hydrogen-bond donors (Lipinski definition) is 2. The molecule has 0 radical (unpaired) electrons. The lowest BCUT2D eigenvalue weighted by atomic mass is 9.99. The lowest BCUT2D eigenvalue weighted by Gasteiger charge is -2.21. The van der Waals surface area contributed by atoms with E-state index in [1.807, 2.05) is 0 Å². The van der Waals surface area contributed by atoms with Crippen molar-refractivity contribution in [3.8, 4) is 0 Å². The zero-order chi connectivity index (χ0) is 19.9. The molecule has 27 heavy (non-hydrogen) atoms. The van der Waals surface area contributed by atoms with E-state index in [4.69, 9.17) is 5.73 Å². The normalized spacial score (nSPS) is 20.4. The van der Waals surface area contributed by atoms with E-state index < -0.39 is 38.8 Å². The first-order chi connectivity index (χ1) is 12.5. The highest BCUT2D eigenvalue weighted by Gasteiger charge is 2.39. The van der Waals surface area contributed by atoms with Crippen molar-refractivity contribution in [1.29, 1.82) is 0 Å². The van der Waals surface area contributed by atoms with Gasteiger partial charge in [-0.15, -0.1) is 0 Å². The number of sulfonamides is 1. The summed E-state index contributed by atoms with van der Waals surface area (Å²) in [5, 5.41) is -0.127. The molecule has 2 aromatic carbocycles. The Kier molecular flexibility index (Phi) is 4.95. The second-order valence-corrected chi connectivity index (χ2v) is 8.39. The van der Waals surface area contributed by atoms with Gasteiger partial charge < -0.3 is 5.73 Å². The van der Waals surface area contributed by atoms with Gasteiger partial charge >= 0.3 is 6.18 Å². The largest absolute Gasteiger partial charge is 0.416 e. The predicted molar refractivity (Wildman–Crippen MR) is 93.9 cm³/mol. The van der Waals surface area contributed by atoms with Crippen molar-refractivity contribution in [3.63, 3.8) is 0 Å². The van der Waals surface area contributed by atoms with Crippen molar-refractivity contribution >= 4 is 27.0 Å². The van der Waals surface area contributed by atoms with Gasteiger partial charge in [0.05, 0.1) is 10.5 Å². The summed E-state index contributed by atoms with van der Waals surface area (Å²) < 4.78 is 79.7. The first-order valence-electron chi connectivity index (χ1n) is 7.48. The van der Waals surface area contributed by atoms with Crippen molar-refractivity contribution in [3.05, 3.63) is 65.5 Å². The van der Waals surface area contributed by atoms with Gasteiger partial charge in [0.25, 0.3) is 10.0 Å². The highest BCUT2D eigenvalue weighted by molar-refractivity contribution is 8.15. The fourth-order valence-electron chi connectivity index (χ4n) is 2.42. The Morgan fingerprint density at radius 2 is 1.81 bits per heavy atom. The molecule has 0 spiro atoms. The van der Waals surface area contributed by atoms with Gasteiger partial charge in [0.1, 0.15) is 11.5 Å². The molecule has 0 amide bonds. The summed E-state index contributed by atoms with van der Waals surface area (Å²) in [5.41, 5.74) is 2.64. The summed E-state index contributed by atoms with van der Waals surface area (Å²) in [6.45, 7) is 0. The highest BCUT2D eigenvalue weighted by Crippen LogP contribution is 2.37. The van der Waals surface area contributed by atoms with Crippen molar-refractivity contribution < 1.29 is 26.0 Å². The van der Waals surface area contributed by atoms with Gasteiger partial charge in [0, 0.05) is 11.3 Å². The van der Waals surface area contributed by atoms with E-state index in [1.165, 1.54) is 24.3 Å². The zero-order valence-electron chi connectivity index (χ0n) is 13.5. The molecular weight excluding hydrogens is 406 g/mol. The Labute approximate surface area is 156 Å². The molecule has 1 aliphatic heterocycles. The minimum absolute atomic E-state index is 0.0203. The van der Waals surface area contributed by atoms with Gasteiger partial charge in [-0.1, -0.05) is 30.0 Å². The molecule has 144 valence electrons. The predicted octanol–water partition coefficient (Wildman–Crippen LogP) is 3.04. The SMILES string of the molecule is NC1(c2cc(C(F)(F)F)ccc2F)CSC(NS(=O)(=O)c2ccccc2)=N1. The van der Waals surface area contributed by atoms with Crippen molar-refractivity contribution in [2.24, 2.45) is 10.7 Å². The molecule has 5 nitrogen and oxygen atoms in total. The number of benzene rings is 2. The van der Waals surface area contributed by atoms with E-state index in [-0.39, 0.29) is 15.8 Å². The van der Waals surface area contributed by atoms with Gasteiger partial charge in [-0.2, -0.15) is 13.2 Å². The molecule has 0 fully saturated rings. The molecule has 1 aliphatic rings. The standard InChI is InChI=1S/C16H13F4N3O2S2/c17-13-7-6-10(16(18,19)20)8-12(13)15(21)9-26-14(22-15)23-27(24,25)11-4-2-1-3-5-11/h1-8H,9,21H2,(H,22,23). The summed E-state index contributed by atoms with van der Waals surface area (Å²) in [6, 6.07) is 9.30. The van der Waals surface area contributed by atoms with E-state index >= 15 is 0 Å². The molecular formula is C16H13F4N3O2S2. The van der Waals surface area contributed by atoms with Crippen LogP contribution >= 0.6 is 11.8 Å². The number of aliphatic imine (C=N–C) groups is 1. The summed E-state index contributed by atoms with van der Waals surface area (Å²) in [6.07, 6.45) is -4.67. The van der Waals surface area contributed by atoms with Crippen LogP contribution in [0, 0.1) is 5.82 Å². The molecule has 0 bridgehead atoms. The third kappa shape index (κ3) is 4.09. The van der Waals surface area contributed by atoms with Crippen LogP contribution < -0.4 is 10.5 Å². The second kappa shape index (κ2) is 6.80. The number of halogens is 4. The van der Waals surface area contributed by atoms with Crippen LogP contribution in [-0.4, -0.2) is 19.3 Å². The van der Waals surface area contributed by atoms with Crippen molar-refractivity contribution in [2.45, 2.75) is 16.7 Å². The molecule has 3 rings (SSSR count). The van der Waals surface area contributed by atoms with Crippen molar-refractivity contribution in [2.75, 3.05) is 5.75 Å². The van der Waals surface area contributed by atoms with Crippen LogP contribution in [0.5, 0.6) is 0 Å². The van der Waals surface area contributed by atoms with Gasteiger partial charge in [-0.05, 0) is 30.3 Å². The van der Waals surface area contributed by atoms with E-state index in [0.29, 0.717) is 18.2 Å². The molecule has 0 saturated carbocycles. The maximum absolute atomic E-state index is 14.1. The maximum atomic E-state index is 14.1. The first-order valence-corrected chi connectivity index (χ1v) is 9.95. The monoisotopic (exact) mass is 419 g/mol. The molecule has 0 saturated heterocycles. The number of rotatable bonds is 3. The number of nitrogens with zero attached hydrogens (tertiary/aromatic N) is 1. The Morgan fingerprint density at radius 3 is 2.44 bits per heavy atom. The Bertz CT molecular complexity index is 994. The average molecular weight is 419 g/mol. The zero-order valence-corrected chi connectivity index (χ0v) is 15.1. The van der Waals surface area contributed by atoms with Crippen LogP contribution in [0.4, 0.5) is 17.6 Å². The third-order valence-electron chi connectivity index (χ3n) is 3.77. The van der Waals surface area contributed by atoms with Crippen LogP contribution in [0.3, 0.4) is 0 Å². The van der Waals surface area contributed by atoms with Gasteiger partial charge in [-0.3, -0.25) is 4.72 Å². The Hall–Kier alpha value is -2.11. The number of hydrogen-bond acceptors (Lipinski definition) is 5. The lowest BCUT2D eigenvalue weighted by molar-refractivity contribution is -0.137. The minimum Gasteiger partial charge on any atom is -0.303 e. The molecule has 1 atom stereocenters. The highest BCUT2D eigenvalue weighted by atomic mass is 32.2. The Morgan fingerprint density at radius 1 is 1.15 bits per heavy atom. The summed E-state index contributed by atoms with van der Waals surface area (Å²) in [5.74, 6) is -1.08. The number of amidine groups is 1. The molecule has 0 aromatic heterocycles. The van der Waals surface area contributed by atoms with Gasteiger partial charge in [0.15, 0.2) is 5.17 Å². The quantitative estimate of drug-likeness (QED) is 0.749. The van der Waals surface area contributed by atoms with Gasteiger partial charge in [-0.25, -0.2) is 17.8 Å². The molecule has 11 heteroatoms. The van der Waals surface area contributed by atoms with Crippen LogP contribution in [0.1, 0.15) is 11.1 Å². The topological polar surface area (TPSA) is 84.5 Å². The second-order valence-electron chi connectivity index (χ2n) is 5.74. The van der Waals surface area contributed by atoms with Gasteiger partial charge in [0.2, 0.25) is 0 Å². The summed E-state index contributed by atoms with van der Waals surface area (Å²) in [4.78, 5) is 3.92. The number of alkyl halides is 3. The molecule has 2 aromatic rings. The average Bonchev–Trinajstić information content (AvgIpc) is 2.96. The number of nitrogens with one attached hydrogen (secondary N) is 1. The smallest absolute Gasteiger partial charge is 0.303 e. The molecule has 0 aliphatic carbocycles. The van der Waals surface area contributed by atoms with Crippen LogP contribution in [0.2, 0.25) is 0 Å². The molecule has 1 heterocycles. The number of nitrogens with two attached hydrogens (primary N) is 1. The Balaban J connectivity index is 1.92.